The van der Waals surface area contributed by atoms with Crippen LogP contribution < -0.4 is 0 Å². The van der Waals surface area contributed by atoms with E-state index in [-0.39, 0.29) is 0 Å². The van der Waals surface area contributed by atoms with Gasteiger partial charge in [0.25, 0.3) is 0 Å². The smallest absolute Gasteiger partial charge is 0.161 e. The molecule has 4 nitrogen and oxygen atoms in total. The molecule has 0 spiro atoms. The van der Waals surface area contributed by atoms with Crippen molar-refractivity contribution in [2.45, 2.75) is 0 Å². The molecule has 0 saturated heterocycles. The summed E-state index contributed by atoms with van der Waals surface area (Å²) in [5.41, 5.74) is 8.63. The lowest BCUT2D eigenvalue weighted by Gasteiger charge is -2.09. The van der Waals surface area contributed by atoms with E-state index in [0.717, 1.165) is 87.8 Å². The van der Waals surface area contributed by atoms with Crippen molar-refractivity contribution in [1.29, 1.82) is 0 Å². The van der Waals surface area contributed by atoms with Crippen LogP contribution in [0.15, 0.2) is 156 Å². The molecule has 4 bridgehead atoms. The Morgan fingerprint density at radius 2 is 1.22 bits per heavy atom. The molecule has 0 aliphatic heterocycles. The van der Waals surface area contributed by atoms with Gasteiger partial charge in [0, 0.05) is 63.7 Å². The lowest BCUT2D eigenvalue weighted by atomic mass is 9.98. The molecule has 5 aromatic heterocycles. The first-order chi connectivity index (χ1) is 25.3. The Hall–Kier alpha value is -6.56. The highest BCUT2D eigenvalue weighted by Gasteiger charge is 2.23. The van der Waals surface area contributed by atoms with Crippen molar-refractivity contribution in [2.75, 3.05) is 0 Å². The third kappa shape index (κ3) is 3.68. The average molecular weight is 668 g/mol. The summed E-state index contributed by atoms with van der Waals surface area (Å²) in [6.45, 7) is 0. The van der Waals surface area contributed by atoms with Crippen molar-refractivity contribution in [2.24, 2.45) is 0 Å². The second-order valence-corrected chi connectivity index (χ2v) is 14.4. The highest BCUT2D eigenvalue weighted by atomic mass is 32.1. The van der Waals surface area contributed by atoms with Crippen LogP contribution in [0.1, 0.15) is 0 Å². The molecular weight excluding hydrogens is 643 g/mol. The zero-order valence-corrected chi connectivity index (χ0v) is 27.9. The fourth-order valence-electron chi connectivity index (χ4n) is 8.45. The fraction of sp³-hybridized carbons (Fsp3) is 0. The SMILES string of the molecule is c1ccc(-n2c3cccc4c5cc(-c6cccc7sc8ccccc8c67)nc(n5)c5ccccc5c5cc(c43)c2c2oc3ccccc3c52)cc1. The molecule has 0 N–H and O–H groups in total. The summed E-state index contributed by atoms with van der Waals surface area (Å²) in [7, 11) is 0. The van der Waals surface area contributed by atoms with Crippen molar-refractivity contribution in [3.05, 3.63) is 152 Å². The normalized spacial score (nSPS) is 12.3. The van der Waals surface area contributed by atoms with Crippen LogP contribution in [-0.4, -0.2) is 14.5 Å². The van der Waals surface area contributed by atoms with Crippen molar-refractivity contribution in [3.8, 4) is 16.9 Å². The van der Waals surface area contributed by atoms with Crippen molar-refractivity contribution in [1.82, 2.24) is 14.5 Å². The molecule has 51 heavy (non-hydrogen) atoms. The van der Waals surface area contributed by atoms with Crippen LogP contribution in [0.2, 0.25) is 0 Å². The molecule has 12 aromatic rings. The highest BCUT2D eigenvalue weighted by molar-refractivity contribution is 7.25. The quantitative estimate of drug-likeness (QED) is 0.184. The molecule has 0 saturated carbocycles. The summed E-state index contributed by atoms with van der Waals surface area (Å²) in [4.78, 5) is 10.8. The zero-order chi connectivity index (χ0) is 33.2. The number of hydrogen-bond donors (Lipinski definition) is 0. The van der Waals surface area contributed by atoms with E-state index in [1.807, 2.05) is 17.4 Å². The molecule has 0 aliphatic rings. The minimum Gasteiger partial charge on any atom is -0.454 e. The number of rotatable bonds is 2. The summed E-state index contributed by atoms with van der Waals surface area (Å²) >= 11 is 1.83. The Morgan fingerprint density at radius 1 is 0.490 bits per heavy atom. The molecule has 5 heterocycles. The van der Waals surface area contributed by atoms with Gasteiger partial charge in [-0.15, -0.1) is 11.3 Å². The minimum absolute atomic E-state index is 0.707. The van der Waals surface area contributed by atoms with Gasteiger partial charge in [0.1, 0.15) is 5.58 Å². The molecule has 7 aromatic carbocycles. The highest BCUT2D eigenvalue weighted by Crippen LogP contribution is 2.46. The Kier molecular flexibility index (Phi) is 5.35. The largest absolute Gasteiger partial charge is 0.454 e. The molecule has 0 atom stereocenters. The van der Waals surface area contributed by atoms with Gasteiger partial charge in [-0.05, 0) is 59.3 Å². The van der Waals surface area contributed by atoms with Crippen molar-refractivity contribution >= 4 is 108 Å². The lowest BCUT2D eigenvalue weighted by molar-refractivity contribution is 0.671. The molecule has 0 radical (unpaired) electrons. The maximum atomic E-state index is 6.90. The maximum Gasteiger partial charge on any atom is 0.161 e. The van der Waals surface area contributed by atoms with Gasteiger partial charge in [-0.1, -0.05) is 103 Å². The summed E-state index contributed by atoms with van der Waals surface area (Å²) in [6, 6.07) is 54.0. The maximum absolute atomic E-state index is 6.90. The number of hydrogen-bond acceptors (Lipinski definition) is 4. The molecule has 0 fully saturated rings. The number of para-hydroxylation sites is 2. The molecule has 0 aliphatic carbocycles. The number of benzene rings is 7. The summed E-state index contributed by atoms with van der Waals surface area (Å²) < 4.78 is 11.8. The number of aromatic nitrogens is 3. The third-order valence-electron chi connectivity index (χ3n) is 10.6. The van der Waals surface area contributed by atoms with E-state index in [2.05, 4.69) is 150 Å². The van der Waals surface area contributed by atoms with Crippen LogP contribution in [0, 0.1) is 0 Å². The van der Waals surface area contributed by atoms with Gasteiger partial charge >= 0.3 is 0 Å². The molecule has 0 amide bonds. The summed E-state index contributed by atoms with van der Waals surface area (Å²) in [5, 5.41) is 11.2. The average Bonchev–Trinajstić information content (AvgIpc) is 3.87. The number of thiophene rings is 1. The summed E-state index contributed by atoms with van der Waals surface area (Å²) in [5.74, 6) is 0. The van der Waals surface area contributed by atoms with E-state index in [1.165, 1.54) is 20.2 Å². The Balaban J connectivity index is 1.38. The molecular formula is C46H25N3OS. The van der Waals surface area contributed by atoms with Crippen LogP contribution >= 0.6 is 11.3 Å². The number of fused-ring (bicyclic) bond motifs is 15. The van der Waals surface area contributed by atoms with Gasteiger partial charge in [-0.25, -0.2) is 9.97 Å². The molecule has 0 unspecified atom stereocenters. The molecule has 5 heteroatoms. The summed E-state index contributed by atoms with van der Waals surface area (Å²) in [6.07, 6.45) is 0. The van der Waals surface area contributed by atoms with Gasteiger partial charge < -0.3 is 8.98 Å². The molecule has 236 valence electrons. The third-order valence-corrected chi connectivity index (χ3v) is 11.7. The lowest BCUT2D eigenvalue weighted by Crippen LogP contribution is -1.93. The van der Waals surface area contributed by atoms with E-state index >= 15 is 0 Å². The first kappa shape index (κ1) is 27.3. The van der Waals surface area contributed by atoms with Gasteiger partial charge in [0.15, 0.2) is 11.2 Å². The van der Waals surface area contributed by atoms with Gasteiger partial charge in [-0.2, -0.15) is 0 Å². The minimum atomic E-state index is 0.707. The van der Waals surface area contributed by atoms with E-state index in [4.69, 9.17) is 14.4 Å². The molecule has 12 rings (SSSR count). The van der Waals surface area contributed by atoms with Crippen molar-refractivity contribution in [3.63, 3.8) is 0 Å². The predicted octanol–water partition coefficient (Wildman–Crippen LogP) is 13.0. The van der Waals surface area contributed by atoms with Crippen LogP contribution in [0.5, 0.6) is 0 Å². The number of nitrogens with zero attached hydrogens (tertiary/aromatic N) is 3. The van der Waals surface area contributed by atoms with Crippen molar-refractivity contribution < 1.29 is 4.42 Å². The Morgan fingerprint density at radius 3 is 2.12 bits per heavy atom. The number of furan rings is 1. The second-order valence-electron chi connectivity index (χ2n) is 13.3. The zero-order valence-electron chi connectivity index (χ0n) is 27.1. The fourth-order valence-corrected chi connectivity index (χ4v) is 9.58. The van der Waals surface area contributed by atoms with E-state index in [0.29, 0.717) is 5.65 Å². The second kappa shape index (κ2) is 10.0. The first-order valence-electron chi connectivity index (χ1n) is 17.2. The van der Waals surface area contributed by atoms with Crippen LogP contribution in [-0.2, 0) is 0 Å². The van der Waals surface area contributed by atoms with Crippen LogP contribution in [0.4, 0.5) is 0 Å². The Bertz CT molecular complexity index is 3430. The van der Waals surface area contributed by atoms with Crippen LogP contribution in [0.25, 0.3) is 114 Å². The predicted molar refractivity (Wildman–Crippen MR) is 214 cm³/mol. The van der Waals surface area contributed by atoms with Crippen LogP contribution in [0.3, 0.4) is 0 Å². The topological polar surface area (TPSA) is 43.9 Å². The monoisotopic (exact) mass is 667 g/mol. The Labute approximate surface area is 294 Å². The van der Waals surface area contributed by atoms with E-state index in [9.17, 15) is 0 Å². The first-order valence-corrected chi connectivity index (χ1v) is 18.0. The van der Waals surface area contributed by atoms with E-state index in [1.54, 1.807) is 0 Å². The van der Waals surface area contributed by atoms with Gasteiger partial charge in [0.2, 0.25) is 0 Å². The van der Waals surface area contributed by atoms with Gasteiger partial charge in [-0.3, -0.25) is 0 Å². The van der Waals surface area contributed by atoms with E-state index < -0.39 is 0 Å². The van der Waals surface area contributed by atoms with Gasteiger partial charge in [0.05, 0.1) is 22.2 Å². The standard InChI is InChI=1S/C46H25N3OS/c1-2-12-26(13-3-1)49-37-20-10-18-29-35-25-36(30-19-11-23-40-42(30)32-17-7-9-22-39(32)51-40)48-46(47-35)28-15-5-4-14-27(28)33-24-34(41(29)37)44(49)45-43(33)31-16-6-8-21-38(31)50-45/h1-25H.